The summed E-state index contributed by atoms with van der Waals surface area (Å²) in [5, 5.41) is 12.7. The number of benzene rings is 1. The molecule has 2 heterocycles. The molecule has 2 aliphatic heterocycles. The van der Waals surface area contributed by atoms with Crippen LogP contribution >= 0.6 is 23.5 Å². The van der Waals surface area contributed by atoms with Gasteiger partial charge in [0.05, 0.1) is 16.1 Å². The van der Waals surface area contributed by atoms with Gasteiger partial charge in [0.25, 0.3) is 0 Å². The van der Waals surface area contributed by atoms with Crippen LogP contribution < -0.4 is 5.32 Å². The molecule has 0 saturated carbocycles. The second-order valence-corrected chi connectivity index (χ2v) is 9.12. The number of carbonyl (C=O) groups is 1. The standard InChI is InChI=1S/C16H18F3NO2S2/c17-16(18,19)11-3-1-10(2-4-11)14-12(9-13(21)22)15(5-6-20-14)23-7-8-24-15/h1-4,12,14,20H,5-9H2,(H,21,22)/t12-,14-/m0/s1. The smallest absolute Gasteiger partial charge is 0.416 e. The SMILES string of the molecule is O=C(O)C[C@H]1[C@H](c2ccc(C(F)(F)F)cc2)NCCC12SCCS2. The molecule has 1 aromatic rings. The van der Waals surface area contributed by atoms with E-state index in [1.807, 2.05) is 0 Å². The Balaban J connectivity index is 1.90. The number of rotatable bonds is 3. The lowest BCUT2D eigenvalue weighted by atomic mass is 9.83. The van der Waals surface area contributed by atoms with Gasteiger partial charge in [0.15, 0.2) is 0 Å². The first-order valence-electron chi connectivity index (χ1n) is 7.72. The minimum Gasteiger partial charge on any atom is -0.481 e. The number of hydrogen-bond acceptors (Lipinski definition) is 4. The fourth-order valence-corrected chi connectivity index (χ4v) is 7.05. The highest BCUT2D eigenvalue weighted by molar-refractivity contribution is 8.21. The van der Waals surface area contributed by atoms with Crippen LogP contribution in [0.1, 0.15) is 30.0 Å². The third-order valence-corrected chi connectivity index (χ3v) is 8.35. The number of alkyl halides is 3. The van der Waals surface area contributed by atoms with Gasteiger partial charge < -0.3 is 10.4 Å². The van der Waals surface area contributed by atoms with Gasteiger partial charge in [-0.25, -0.2) is 0 Å². The number of thioether (sulfide) groups is 2. The second kappa shape index (κ2) is 6.80. The molecule has 0 bridgehead atoms. The zero-order chi connectivity index (χ0) is 17.4. The van der Waals surface area contributed by atoms with E-state index in [0.29, 0.717) is 0 Å². The van der Waals surface area contributed by atoms with Crippen molar-refractivity contribution in [3.63, 3.8) is 0 Å². The molecule has 2 aliphatic rings. The lowest BCUT2D eigenvalue weighted by Crippen LogP contribution is -2.48. The molecule has 3 nitrogen and oxygen atoms in total. The van der Waals surface area contributed by atoms with E-state index >= 15 is 0 Å². The molecule has 2 N–H and O–H groups in total. The predicted octanol–water partition coefficient (Wildman–Crippen LogP) is 4.01. The fraction of sp³-hybridized carbons (Fsp3) is 0.562. The van der Waals surface area contributed by atoms with Gasteiger partial charge in [-0.2, -0.15) is 13.2 Å². The third kappa shape index (κ3) is 3.55. The van der Waals surface area contributed by atoms with Crippen molar-refractivity contribution in [3.05, 3.63) is 35.4 Å². The second-order valence-electron chi connectivity index (χ2n) is 6.01. The summed E-state index contributed by atoms with van der Waals surface area (Å²) in [6.07, 6.45) is -3.48. The summed E-state index contributed by atoms with van der Waals surface area (Å²) in [5.41, 5.74) is 0.0394. The molecule has 2 fully saturated rings. The summed E-state index contributed by atoms with van der Waals surface area (Å²) in [6.45, 7) is 0.738. The number of hydrogen-bond donors (Lipinski definition) is 2. The maximum atomic E-state index is 12.8. The van der Waals surface area contributed by atoms with Gasteiger partial charge in [-0.15, -0.1) is 23.5 Å². The van der Waals surface area contributed by atoms with E-state index < -0.39 is 17.7 Å². The summed E-state index contributed by atoms with van der Waals surface area (Å²) in [6, 6.07) is 4.85. The maximum absolute atomic E-state index is 12.8. The molecule has 24 heavy (non-hydrogen) atoms. The zero-order valence-electron chi connectivity index (χ0n) is 12.8. The molecular weight excluding hydrogens is 359 g/mol. The number of aliphatic carboxylic acids is 1. The van der Waals surface area contributed by atoms with Crippen LogP contribution in [0.4, 0.5) is 13.2 Å². The van der Waals surface area contributed by atoms with Crippen molar-refractivity contribution in [2.45, 2.75) is 29.1 Å². The Morgan fingerprint density at radius 1 is 1.25 bits per heavy atom. The van der Waals surface area contributed by atoms with Gasteiger partial charge >= 0.3 is 12.1 Å². The Bertz CT molecular complexity index is 600. The average Bonchev–Trinajstić information content (AvgIpc) is 2.98. The molecule has 2 saturated heterocycles. The Labute approximate surface area is 146 Å². The highest BCUT2D eigenvalue weighted by Crippen LogP contribution is 2.57. The van der Waals surface area contributed by atoms with Crippen molar-refractivity contribution in [2.75, 3.05) is 18.1 Å². The lowest BCUT2D eigenvalue weighted by molar-refractivity contribution is -0.139. The summed E-state index contributed by atoms with van der Waals surface area (Å²) in [5.74, 6) is 0.951. The van der Waals surface area contributed by atoms with Crippen molar-refractivity contribution in [3.8, 4) is 0 Å². The van der Waals surface area contributed by atoms with Gasteiger partial charge in [0, 0.05) is 23.5 Å². The van der Waals surface area contributed by atoms with E-state index in [0.717, 1.165) is 42.2 Å². The van der Waals surface area contributed by atoms with Crippen molar-refractivity contribution in [1.82, 2.24) is 5.32 Å². The molecule has 8 heteroatoms. The average molecular weight is 377 g/mol. The van der Waals surface area contributed by atoms with E-state index in [1.165, 1.54) is 12.1 Å². The first kappa shape index (κ1) is 17.9. The van der Waals surface area contributed by atoms with Crippen LogP contribution in [0.3, 0.4) is 0 Å². The summed E-state index contributed by atoms with van der Waals surface area (Å²) >= 11 is 3.60. The van der Waals surface area contributed by atoms with Crippen LogP contribution in [0.5, 0.6) is 0 Å². The third-order valence-electron chi connectivity index (χ3n) is 4.57. The van der Waals surface area contributed by atoms with Crippen molar-refractivity contribution in [1.29, 1.82) is 0 Å². The van der Waals surface area contributed by atoms with E-state index in [1.54, 1.807) is 23.5 Å². The van der Waals surface area contributed by atoms with Crippen LogP contribution in [-0.2, 0) is 11.0 Å². The molecule has 0 aliphatic carbocycles. The lowest BCUT2D eigenvalue weighted by Gasteiger charge is -2.45. The van der Waals surface area contributed by atoms with E-state index in [2.05, 4.69) is 5.32 Å². The Morgan fingerprint density at radius 2 is 1.88 bits per heavy atom. The van der Waals surface area contributed by atoms with Crippen LogP contribution in [0.2, 0.25) is 0 Å². The summed E-state index contributed by atoms with van der Waals surface area (Å²) < 4.78 is 38.1. The molecule has 1 spiro atoms. The van der Waals surface area contributed by atoms with E-state index in [9.17, 15) is 23.1 Å². The monoisotopic (exact) mass is 377 g/mol. The minimum absolute atomic E-state index is 0.0126. The first-order chi connectivity index (χ1) is 11.3. The number of halogens is 3. The van der Waals surface area contributed by atoms with Gasteiger partial charge in [-0.1, -0.05) is 12.1 Å². The van der Waals surface area contributed by atoms with Gasteiger partial charge in [0.1, 0.15) is 0 Å². The van der Waals surface area contributed by atoms with E-state index in [4.69, 9.17) is 0 Å². The molecule has 0 unspecified atom stereocenters. The summed E-state index contributed by atoms with van der Waals surface area (Å²) in [4.78, 5) is 11.4. The van der Waals surface area contributed by atoms with E-state index in [-0.39, 0.29) is 22.5 Å². The molecule has 1 aromatic carbocycles. The molecule has 132 valence electrons. The Morgan fingerprint density at radius 3 is 2.42 bits per heavy atom. The van der Waals surface area contributed by atoms with Crippen LogP contribution in [0.25, 0.3) is 0 Å². The molecule has 2 atom stereocenters. The van der Waals surface area contributed by atoms with Crippen molar-refractivity contribution in [2.24, 2.45) is 5.92 Å². The number of piperidine rings is 1. The van der Waals surface area contributed by atoms with Gasteiger partial charge in [-0.3, -0.25) is 4.79 Å². The van der Waals surface area contributed by atoms with Crippen LogP contribution in [0.15, 0.2) is 24.3 Å². The topological polar surface area (TPSA) is 49.3 Å². The first-order valence-corrected chi connectivity index (χ1v) is 9.69. The molecule has 0 aromatic heterocycles. The highest BCUT2D eigenvalue weighted by Gasteiger charge is 2.49. The molecule has 3 rings (SSSR count). The summed E-state index contributed by atoms with van der Waals surface area (Å²) in [7, 11) is 0. The van der Waals surface area contributed by atoms with Crippen molar-refractivity contribution >= 4 is 29.5 Å². The zero-order valence-corrected chi connectivity index (χ0v) is 14.4. The predicted molar refractivity (Wildman–Crippen MR) is 90.2 cm³/mol. The minimum atomic E-state index is -4.36. The largest absolute Gasteiger partial charge is 0.481 e. The maximum Gasteiger partial charge on any atom is 0.416 e. The van der Waals surface area contributed by atoms with Gasteiger partial charge in [-0.05, 0) is 30.7 Å². The molecule has 0 radical (unpaired) electrons. The van der Waals surface area contributed by atoms with Crippen molar-refractivity contribution < 1.29 is 23.1 Å². The normalized spacial score (nSPS) is 26.6. The molecule has 0 amide bonds. The number of carboxylic acids is 1. The van der Waals surface area contributed by atoms with Gasteiger partial charge in [0.2, 0.25) is 0 Å². The number of carboxylic acid groups (broad SMARTS) is 1. The van der Waals surface area contributed by atoms with Crippen LogP contribution in [-0.4, -0.2) is 33.2 Å². The Kier molecular flexibility index (Phi) is 5.09. The fourth-order valence-electron chi connectivity index (χ4n) is 3.50. The van der Waals surface area contributed by atoms with Crippen LogP contribution in [0, 0.1) is 5.92 Å². The number of nitrogens with one attached hydrogen (secondary N) is 1. The molecular formula is C16H18F3NO2S2. The Hall–Kier alpha value is -0.860. The quantitative estimate of drug-likeness (QED) is 0.834. The highest BCUT2D eigenvalue weighted by atomic mass is 32.2.